The Labute approximate surface area is 118 Å². The summed E-state index contributed by atoms with van der Waals surface area (Å²) in [5, 5.41) is 17.7. The van der Waals surface area contributed by atoms with Crippen molar-refractivity contribution in [3.05, 3.63) is 58.9 Å². The fourth-order valence-corrected chi connectivity index (χ4v) is 1.12. The second-order valence-electron chi connectivity index (χ2n) is 3.17. The number of phenolic OH excluding ortho intramolecular Hbond substituents is 1. The molecule has 0 saturated carbocycles. The average molecular weight is 301 g/mol. The second kappa shape index (κ2) is 7.99. The van der Waals surface area contributed by atoms with E-state index in [1.807, 2.05) is 25.1 Å². The number of pyridine rings is 1. The summed E-state index contributed by atoms with van der Waals surface area (Å²) >= 11 is 4.67. The maximum atomic E-state index is 8.92. The number of phenols is 1. The van der Waals surface area contributed by atoms with Crippen LogP contribution in [-0.2, 0) is 19.5 Å². The van der Waals surface area contributed by atoms with E-state index in [9.17, 15) is 0 Å². The summed E-state index contributed by atoms with van der Waals surface area (Å²) in [6, 6.07) is 12.4. The van der Waals surface area contributed by atoms with Crippen LogP contribution in [0.25, 0.3) is 0 Å². The number of nitrogens with zero attached hydrogens (tertiary/aromatic N) is 1. The number of aromatic nitrogens is 1. The fraction of sp³-hybridized carbons (Fsp3) is 0.0833. The van der Waals surface area contributed by atoms with E-state index < -0.39 is 0 Å². The monoisotopic (exact) mass is 299 g/mol. The minimum atomic E-state index is 0. The van der Waals surface area contributed by atoms with Crippen molar-refractivity contribution in [1.29, 1.82) is 0 Å². The van der Waals surface area contributed by atoms with Crippen LogP contribution in [0.5, 0.6) is 5.75 Å². The predicted octanol–water partition coefficient (Wildman–Crippen LogP) is 3.15. The van der Waals surface area contributed by atoms with E-state index in [2.05, 4.69) is 12.2 Å². The van der Waals surface area contributed by atoms with Crippen molar-refractivity contribution in [3.63, 3.8) is 0 Å². The van der Waals surface area contributed by atoms with Gasteiger partial charge in [0.15, 0.2) is 0 Å². The molecule has 0 unspecified atom stereocenters. The van der Waals surface area contributed by atoms with Gasteiger partial charge >= 0.3 is 0 Å². The van der Waals surface area contributed by atoms with Crippen LogP contribution in [0, 0.1) is 11.6 Å². The maximum Gasteiger partial charge on any atom is 0.142 e. The molecule has 5 heteroatoms. The van der Waals surface area contributed by atoms with Crippen molar-refractivity contribution in [1.82, 2.24) is 4.73 Å². The van der Waals surface area contributed by atoms with Crippen LogP contribution in [0.2, 0.25) is 0 Å². The van der Waals surface area contributed by atoms with Gasteiger partial charge in [-0.05, 0) is 30.7 Å². The topological polar surface area (TPSA) is 45.4 Å². The first-order valence-corrected chi connectivity index (χ1v) is 5.13. The zero-order valence-corrected chi connectivity index (χ0v) is 13.4. The number of aromatic hydroxyl groups is 1. The average Bonchev–Trinajstić information content (AvgIpc) is 2.28. The fourth-order valence-electron chi connectivity index (χ4n) is 0.982. The SMILES string of the molecule is Cc1ccccc1O.On1ccccc1=S.[Zn]. The Morgan fingerprint density at radius 3 is 2.00 bits per heavy atom. The van der Waals surface area contributed by atoms with Gasteiger partial charge in [0.25, 0.3) is 0 Å². The van der Waals surface area contributed by atoms with Gasteiger partial charge in [-0.25, -0.2) is 0 Å². The van der Waals surface area contributed by atoms with E-state index in [0.717, 1.165) is 10.3 Å². The Morgan fingerprint density at radius 1 is 1.06 bits per heavy atom. The molecule has 0 amide bonds. The molecule has 0 fully saturated rings. The molecule has 0 bridgehead atoms. The minimum Gasteiger partial charge on any atom is -0.508 e. The van der Waals surface area contributed by atoms with Gasteiger partial charge in [0, 0.05) is 25.7 Å². The van der Waals surface area contributed by atoms with Crippen LogP contribution >= 0.6 is 12.2 Å². The van der Waals surface area contributed by atoms with E-state index in [4.69, 9.17) is 10.3 Å². The summed E-state index contributed by atoms with van der Waals surface area (Å²) in [5.41, 5.74) is 0.924. The largest absolute Gasteiger partial charge is 0.508 e. The Morgan fingerprint density at radius 2 is 1.65 bits per heavy atom. The van der Waals surface area contributed by atoms with Crippen LogP contribution in [0.3, 0.4) is 0 Å². The van der Waals surface area contributed by atoms with E-state index >= 15 is 0 Å². The molecular weight excluding hydrogens is 288 g/mol. The normalized spacial score (nSPS) is 8.53. The molecule has 17 heavy (non-hydrogen) atoms. The summed E-state index contributed by atoms with van der Waals surface area (Å²) in [4.78, 5) is 0. The summed E-state index contributed by atoms with van der Waals surface area (Å²) in [6.07, 6.45) is 1.49. The van der Waals surface area contributed by atoms with Gasteiger partial charge in [-0.3, -0.25) is 0 Å². The number of rotatable bonds is 0. The van der Waals surface area contributed by atoms with Gasteiger partial charge in [-0.1, -0.05) is 36.5 Å². The Hall–Kier alpha value is -1.19. The first kappa shape index (κ1) is 15.8. The molecule has 1 aromatic heterocycles. The Kier molecular flexibility index (Phi) is 7.43. The minimum absolute atomic E-state index is 0. The van der Waals surface area contributed by atoms with Gasteiger partial charge in [0.2, 0.25) is 0 Å². The van der Waals surface area contributed by atoms with Gasteiger partial charge in [-0.2, -0.15) is 4.73 Å². The number of hydrogen-bond donors (Lipinski definition) is 2. The Bertz CT molecular complexity index is 493. The molecule has 3 nitrogen and oxygen atoms in total. The molecule has 1 heterocycles. The summed E-state index contributed by atoms with van der Waals surface area (Å²) in [7, 11) is 0. The molecule has 0 saturated heterocycles. The van der Waals surface area contributed by atoms with Crippen LogP contribution in [0.4, 0.5) is 0 Å². The molecule has 2 rings (SSSR count). The van der Waals surface area contributed by atoms with Crippen LogP contribution in [-0.4, -0.2) is 15.0 Å². The molecule has 86 valence electrons. The number of aryl methyl sites for hydroxylation is 1. The van der Waals surface area contributed by atoms with E-state index in [0.29, 0.717) is 10.4 Å². The number of hydrogen-bond acceptors (Lipinski definition) is 3. The quantitative estimate of drug-likeness (QED) is 0.446. The molecular formula is C12H13NO2SZn. The van der Waals surface area contributed by atoms with Crippen LogP contribution in [0.15, 0.2) is 48.7 Å². The maximum absolute atomic E-state index is 8.92. The summed E-state index contributed by atoms with van der Waals surface area (Å²) in [6.45, 7) is 1.87. The first-order chi connectivity index (χ1) is 7.61. The van der Waals surface area contributed by atoms with E-state index in [-0.39, 0.29) is 19.5 Å². The summed E-state index contributed by atoms with van der Waals surface area (Å²) in [5.74, 6) is 0.368. The summed E-state index contributed by atoms with van der Waals surface area (Å²) < 4.78 is 1.32. The van der Waals surface area contributed by atoms with Gasteiger partial charge in [-0.15, -0.1) is 0 Å². The molecule has 0 aliphatic heterocycles. The van der Waals surface area contributed by atoms with Crippen molar-refractivity contribution >= 4 is 12.2 Å². The smallest absolute Gasteiger partial charge is 0.142 e. The third kappa shape index (κ3) is 5.61. The zero-order valence-electron chi connectivity index (χ0n) is 9.58. The molecule has 2 N–H and O–H groups in total. The van der Waals surface area contributed by atoms with Crippen molar-refractivity contribution in [2.45, 2.75) is 6.92 Å². The molecule has 2 aromatic rings. The first-order valence-electron chi connectivity index (χ1n) is 4.73. The van der Waals surface area contributed by atoms with Crippen molar-refractivity contribution in [2.75, 3.05) is 0 Å². The molecule has 0 aliphatic carbocycles. The van der Waals surface area contributed by atoms with Crippen molar-refractivity contribution in [2.24, 2.45) is 0 Å². The predicted molar refractivity (Wildman–Crippen MR) is 65.3 cm³/mol. The van der Waals surface area contributed by atoms with Gasteiger partial charge in [0.05, 0.1) is 0 Å². The van der Waals surface area contributed by atoms with Gasteiger partial charge < -0.3 is 10.3 Å². The molecule has 0 spiro atoms. The third-order valence-electron chi connectivity index (χ3n) is 1.92. The van der Waals surface area contributed by atoms with Crippen LogP contribution < -0.4 is 0 Å². The van der Waals surface area contributed by atoms with Gasteiger partial charge in [0.1, 0.15) is 10.4 Å². The zero-order chi connectivity index (χ0) is 12.0. The molecule has 0 aliphatic rings. The number of para-hydroxylation sites is 1. The van der Waals surface area contributed by atoms with Crippen molar-refractivity contribution < 1.29 is 29.8 Å². The third-order valence-corrected chi connectivity index (χ3v) is 2.24. The van der Waals surface area contributed by atoms with Crippen molar-refractivity contribution in [3.8, 4) is 5.75 Å². The van der Waals surface area contributed by atoms with E-state index in [1.165, 1.54) is 6.20 Å². The molecule has 0 atom stereocenters. The van der Waals surface area contributed by atoms with E-state index in [1.54, 1.807) is 24.3 Å². The second-order valence-corrected chi connectivity index (χ2v) is 3.59. The molecule has 1 aromatic carbocycles. The number of benzene rings is 1. The van der Waals surface area contributed by atoms with Crippen LogP contribution in [0.1, 0.15) is 5.56 Å². The Balaban J connectivity index is 0.000000284. The molecule has 0 radical (unpaired) electrons. The standard InChI is InChI=1S/C7H8O.C5H5NOS.Zn/c1-6-4-2-3-5-7(6)8;7-6-4-2-1-3-5(6)8;/h2-5,8H,1H3;1-4,7H;.